The van der Waals surface area contributed by atoms with Crippen LogP contribution in [0.5, 0.6) is 0 Å². The lowest BCUT2D eigenvalue weighted by molar-refractivity contribution is -0.138. The van der Waals surface area contributed by atoms with E-state index in [4.69, 9.17) is 4.43 Å². The summed E-state index contributed by atoms with van der Waals surface area (Å²) in [6, 6.07) is 0.442. The second-order valence-electron chi connectivity index (χ2n) is 2.95. The highest BCUT2D eigenvalue weighted by Gasteiger charge is 2.25. The van der Waals surface area contributed by atoms with Gasteiger partial charge in [0.15, 0.2) is 8.32 Å². The van der Waals surface area contributed by atoms with E-state index in [2.05, 4.69) is 4.74 Å². The predicted molar refractivity (Wildman–Crippen MR) is 45.9 cm³/mol. The van der Waals surface area contributed by atoms with E-state index in [0.29, 0.717) is 12.7 Å². The number of esters is 1. The molecule has 0 spiro atoms. The number of carbonyl (C=O) groups excluding carboxylic acids is 1. The molecule has 0 radical (unpaired) electrons. The summed E-state index contributed by atoms with van der Waals surface area (Å²) in [6.07, 6.45) is 0. The third-order valence-corrected chi connectivity index (χ3v) is 3.54. The standard InChI is InChI=1S/C7H16O3Si/c1-5-10-11(3,4)6-7(8)9-2/h5-6H2,1-4H3. The van der Waals surface area contributed by atoms with Crippen LogP contribution >= 0.6 is 0 Å². The summed E-state index contributed by atoms with van der Waals surface area (Å²) < 4.78 is 9.99. The summed E-state index contributed by atoms with van der Waals surface area (Å²) in [7, 11) is -0.360. The number of rotatable bonds is 4. The Morgan fingerprint density at radius 3 is 2.36 bits per heavy atom. The van der Waals surface area contributed by atoms with Crippen LogP contribution in [-0.4, -0.2) is 28.0 Å². The number of carbonyl (C=O) groups is 1. The number of methoxy groups -OCH3 is 1. The topological polar surface area (TPSA) is 35.5 Å². The Labute approximate surface area is 68.8 Å². The van der Waals surface area contributed by atoms with Crippen LogP contribution in [0.15, 0.2) is 0 Å². The van der Waals surface area contributed by atoms with Crippen molar-refractivity contribution in [3.05, 3.63) is 0 Å². The van der Waals surface area contributed by atoms with E-state index < -0.39 is 8.32 Å². The van der Waals surface area contributed by atoms with Crippen molar-refractivity contribution < 1.29 is 14.0 Å². The van der Waals surface area contributed by atoms with Gasteiger partial charge in [-0.25, -0.2) is 0 Å². The van der Waals surface area contributed by atoms with E-state index in [1.165, 1.54) is 7.11 Å². The zero-order chi connectivity index (χ0) is 8.91. The summed E-state index contributed by atoms with van der Waals surface area (Å²) in [6.45, 7) is 6.63. The molecular formula is C7H16O3Si. The smallest absolute Gasteiger partial charge is 0.305 e. The molecule has 0 aromatic rings. The Kier molecular flexibility index (Phi) is 4.36. The van der Waals surface area contributed by atoms with Crippen molar-refractivity contribution in [3.63, 3.8) is 0 Å². The first-order chi connectivity index (χ1) is 5.02. The molecule has 0 aromatic carbocycles. The molecule has 0 N–H and O–H groups in total. The van der Waals surface area contributed by atoms with Crippen molar-refractivity contribution in [2.75, 3.05) is 13.7 Å². The molecule has 0 aliphatic heterocycles. The van der Waals surface area contributed by atoms with Crippen molar-refractivity contribution in [2.45, 2.75) is 26.1 Å². The quantitative estimate of drug-likeness (QED) is 0.480. The molecule has 0 atom stereocenters. The fourth-order valence-corrected chi connectivity index (χ4v) is 2.58. The molecule has 11 heavy (non-hydrogen) atoms. The highest BCUT2D eigenvalue weighted by Crippen LogP contribution is 2.11. The van der Waals surface area contributed by atoms with Crippen LogP contribution in [0.2, 0.25) is 19.1 Å². The number of hydrogen-bond donors (Lipinski definition) is 0. The highest BCUT2D eigenvalue weighted by atomic mass is 28.4. The van der Waals surface area contributed by atoms with Crippen LogP contribution in [-0.2, 0) is 14.0 Å². The Bertz CT molecular complexity index is 134. The van der Waals surface area contributed by atoms with Crippen molar-refractivity contribution >= 4 is 14.3 Å². The van der Waals surface area contributed by atoms with E-state index in [0.717, 1.165) is 0 Å². The monoisotopic (exact) mass is 176 g/mol. The average molecular weight is 176 g/mol. The molecule has 0 aromatic heterocycles. The van der Waals surface area contributed by atoms with Gasteiger partial charge in [-0.2, -0.15) is 0 Å². The second kappa shape index (κ2) is 4.51. The van der Waals surface area contributed by atoms with Crippen molar-refractivity contribution in [1.82, 2.24) is 0 Å². The molecule has 0 bridgehead atoms. The fourth-order valence-electron chi connectivity index (χ4n) is 0.862. The van der Waals surface area contributed by atoms with Gasteiger partial charge in [0.2, 0.25) is 0 Å². The normalized spacial score (nSPS) is 11.3. The minimum Gasteiger partial charge on any atom is -0.469 e. The molecule has 0 heterocycles. The van der Waals surface area contributed by atoms with Gasteiger partial charge in [0, 0.05) is 6.61 Å². The molecule has 0 rings (SSSR count). The summed E-state index contributed by atoms with van der Waals surface area (Å²) >= 11 is 0. The van der Waals surface area contributed by atoms with E-state index in [9.17, 15) is 4.79 Å². The van der Waals surface area contributed by atoms with Gasteiger partial charge in [-0.3, -0.25) is 4.79 Å². The van der Waals surface area contributed by atoms with Gasteiger partial charge in [0.05, 0.1) is 13.2 Å². The maximum Gasteiger partial charge on any atom is 0.305 e. The lowest BCUT2D eigenvalue weighted by atomic mass is 10.8. The van der Waals surface area contributed by atoms with E-state index >= 15 is 0 Å². The van der Waals surface area contributed by atoms with Crippen molar-refractivity contribution in [2.24, 2.45) is 0 Å². The van der Waals surface area contributed by atoms with Gasteiger partial charge in [-0.05, 0) is 20.0 Å². The first kappa shape index (κ1) is 10.6. The third-order valence-electron chi connectivity index (χ3n) is 1.33. The first-order valence-electron chi connectivity index (χ1n) is 3.72. The molecule has 0 aliphatic carbocycles. The van der Waals surface area contributed by atoms with Crippen molar-refractivity contribution in [3.8, 4) is 0 Å². The number of ether oxygens (including phenoxy) is 1. The van der Waals surface area contributed by atoms with Gasteiger partial charge >= 0.3 is 5.97 Å². The SMILES string of the molecule is CCO[Si](C)(C)CC(=O)OC. The second-order valence-corrected chi connectivity index (χ2v) is 7.11. The van der Waals surface area contributed by atoms with Crippen LogP contribution in [0.3, 0.4) is 0 Å². The van der Waals surface area contributed by atoms with Crippen LogP contribution in [0.1, 0.15) is 6.92 Å². The third kappa shape index (κ3) is 4.98. The van der Waals surface area contributed by atoms with Crippen LogP contribution in [0.25, 0.3) is 0 Å². The van der Waals surface area contributed by atoms with Gasteiger partial charge in [0.25, 0.3) is 0 Å². The Morgan fingerprint density at radius 2 is 2.00 bits per heavy atom. The van der Waals surface area contributed by atoms with Gasteiger partial charge in [0.1, 0.15) is 0 Å². The van der Waals surface area contributed by atoms with Crippen molar-refractivity contribution in [1.29, 1.82) is 0 Å². The fraction of sp³-hybridized carbons (Fsp3) is 0.857. The Balaban J connectivity index is 3.80. The van der Waals surface area contributed by atoms with Crippen LogP contribution < -0.4 is 0 Å². The van der Waals surface area contributed by atoms with Crippen LogP contribution in [0.4, 0.5) is 0 Å². The molecule has 4 heteroatoms. The Hall–Kier alpha value is -0.353. The maximum atomic E-state index is 10.8. The predicted octanol–water partition coefficient (Wildman–Crippen LogP) is 1.40. The molecule has 0 saturated carbocycles. The average Bonchev–Trinajstić information content (AvgIpc) is 1.86. The largest absolute Gasteiger partial charge is 0.469 e. The van der Waals surface area contributed by atoms with E-state index in [-0.39, 0.29) is 5.97 Å². The molecule has 0 amide bonds. The van der Waals surface area contributed by atoms with E-state index in [1.807, 2.05) is 20.0 Å². The minimum absolute atomic E-state index is 0.171. The first-order valence-corrected chi connectivity index (χ1v) is 6.84. The zero-order valence-corrected chi connectivity index (χ0v) is 8.64. The Morgan fingerprint density at radius 1 is 1.45 bits per heavy atom. The van der Waals surface area contributed by atoms with Gasteiger partial charge in [-0.15, -0.1) is 0 Å². The summed E-state index contributed by atoms with van der Waals surface area (Å²) in [5.74, 6) is -0.171. The van der Waals surface area contributed by atoms with Gasteiger partial charge < -0.3 is 9.16 Å². The molecule has 0 unspecified atom stereocenters. The lowest BCUT2D eigenvalue weighted by Crippen LogP contribution is -2.33. The molecule has 66 valence electrons. The summed E-state index contributed by atoms with van der Waals surface area (Å²) in [4.78, 5) is 10.8. The van der Waals surface area contributed by atoms with Gasteiger partial charge in [-0.1, -0.05) is 0 Å². The van der Waals surface area contributed by atoms with Crippen LogP contribution in [0, 0.1) is 0 Å². The summed E-state index contributed by atoms with van der Waals surface area (Å²) in [5, 5.41) is 0. The molecule has 0 fully saturated rings. The molecule has 0 aliphatic rings. The maximum absolute atomic E-state index is 10.8. The molecular weight excluding hydrogens is 160 g/mol. The summed E-state index contributed by atoms with van der Waals surface area (Å²) in [5.41, 5.74) is 0. The molecule has 0 saturated heterocycles. The number of hydrogen-bond acceptors (Lipinski definition) is 3. The molecule has 3 nitrogen and oxygen atoms in total. The zero-order valence-electron chi connectivity index (χ0n) is 7.64. The minimum atomic E-state index is -1.76. The van der Waals surface area contributed by atoms with E-state index in [1.54, 1.807) is 0 Å². The highest BCUT2D eigenvalue weighted by molar-refractivity contribution is 6.73. The lowest BCUT2D eigenvalue weighted by Gasteiger charge is -2.19.